The lowest BCUT2D eigenvalue weighted by Crippen LogP contribution is -2.36. The summed E-state index contributed by atoms with van der Waals surface area (Å²) < 4.78 is 32.3. The maximum Gasteiger partial charge on any atom is 0.251 e. The van der Waals surface area contributed by atoms with Gasteiger partial charge in [0.1, 0.15) is 12.4 Å². The molecule has 0 unspecified atom stereocenters. The van der Waals surface area contributed by atoms with Gasteiger partial charge in [0.05, 0.1) is 24.5 Å². The van der Waals surface area contributed by atoms with Crippen molar-refractivity contribution >= 4 is 21.6 Å². The van der Waals surface area contributed by atoms with Crippen molar-refractivity contribution in [2.45, 2.75) is 40.3 Å². The van der Waals surface area contributed by atoms with Crippen molar-refractivity contribution in [1.82, 2.24) is 5.32 Å². The third kappa shape index (κ3) is 6.60. The Morgan fingerprint density at radius 1 is 0.971 bits per heavy atom. The van der Waals surface area contributed by atoms with Crippen molar-refractivity contribution < 1.29 is 17.9 Å². The largest absolute Gasteiger partial charge is 0.491 e. The number of ether oxygens (including phenoxy) is 1. The molecule has 0 radical (unpaired) electrons. The maximum absolute atomic E-state index is 12.7. The SMILES string of the molecule is Cc1ccc(C)c(N(Cc2ccc(C(=O)N[C@H](C)COc3ccccc3C)cc2)S(C)(=O)=O)c1. The second-order valence-electron chi connectivity index (χ2n) is 8.71. The van der Waals surface area contributed by atoms with Crippen LogP contribution in [0.3, 0.4) is 0 Å². The lowest BCUT2D eigenvalue weighted by molar-refractivity contribution is 0.0926. The summed E-state index contributed by atoms with van der Waals surface area (Å²) in [5, 5.41) is 2.94. The van der Waals surface area contributed by atoms with Crippen LogP contribution in [0.1, 0.15) is 39.5 Å². The minimum Gasteiger partial charge on any atom is -0.491 e. The number of benzene rings is 3. The zero-order valence-corrected chi connectivity index (χ0v) is 21.1. The Labute approximate surface area is 202 Å². The molecule has 0 saturated carbocycles. The van der Waals surface area contributed by atoms with Crippen LogP contribution in [-0.4, -0.2) is 33.2 Å². The number of hydrogen-bond donors (Lipinski definition) is 1. The van der Waals surface area contributed by atoms with E-state index in [2.05, 4.69) is 5.32 Å². The summed E-state index contributed by atoms with van der Waals surface area (Å²) in [6, 6.07) is 20.3. The molecular formula is C27H32N2O4S. The number of amides is 1. The van der Waals surface area contributed by atoms with E-state index in [1.165, 1.54) is 10.6 Å². The number of aryl methyl sites for hydroxylation is 3. The molecule has 0 spiro atoms. The lowest BCUT2D eigenvalue weighted by atomic mass is 10.1. The average molecular weight is 481 g/mol. The first-order valence-electron chi connectivity index (χ1n) is 11.2. The van der Waals surface area contributed by atoms with Gasteiger partial charge < -0.3 is 10.1 Å². The monoisotopic (exact) mass is 480 g/mol. The Hall–Kier alpha value is -3.32. The van der Waals surface area contributed by atoms with Gasteiger partial charge in [-0.05, 0) is 74.2 Å². The minimum absolute atomic E-state index is 0.184. The Morgan fingerprint density at radius 3 is 2.29 bits per heavy atom. The Balaban J connectivity index is 1.65. The molecule has 180 valence electrons. The highest BCUT2D eigenvalue weighted by Crippen LogP contribution is 2.26. The Morgan fingerprint density at radius 2 is 1.65 bits per heavy atom. The first-order valence-corrected chi connectivity index (χ1v) is 13.0. The Bertz CT molecular complexity index is 1250. The standard InChI is InChI=1S/C27H32N2O4S/c1-19-10-11-20(2)25(16-19)29(34(5,31)32)17-23-12-14-24(15-13-23)27(30)28-22(4)18-33-26-9-7-6-8-21(26)3/h6-16,22H,17-18H2,1-5H3,(H,28,30)/t22-/m1/s1. The molecule has 3 rings (SSSR count). The molecule has 1 N–H and O–H groups in total. The summed E-state index contributed by atoms with van der Waals surface area (Å²) in [6.45, 7) is 8.23. The van der Waals surface area contributed by atoms with E-state index in [-0.39, 0.29) is 18.5 Å². The molecule has 0 heterocycles. The molecule has 0 aliphatic rings. The molecule has 3 aromatic carbocycles. The van der Waals surface area contributed by atoms with E-state index in [4.69, 9.17) is 4.74 Å². The molecule has 0 saturated heterocycles. The first-order chi connectivity index (χ1) is 16.0. The molecule has 3 aromatic rings. The van der Waals surface area contributed by atoms with Gasteiger partial charge >= 0.3 is 0 Å². The topological polar surface area (TPSA) is 75.7 Å². The van der Waals surface area contributed by atoms with Gasteiger partial charge in [-0.2, -0.15) is 0 Å². The van der Waals surface area contributed by atoms with Crippen molar-refractivity contribution in [3.05, 3.63) is 94.5 Å². The van der Waals surface area contributed by atoms with Crippen LogP contribution in [0.2, 0.25) is 0 Å². The number of sulfonamides is 1. The molecular weight excluding hydrogens is 448 g/mol. The third-order valence-corrected chi connectivity index (χ3v) is 6.66. The van der Waals surface area contributed by atoms with E-state index >= 15 is 0 Å². The normalized spacial score (nSPS) is 12.1. The number of para-hydroxylation sites is 1. The fourth-order valence-electron chi connectivity index (χ4n) is 3.58. The number of rotatable bonds is 9. The van der Waals surface area contributed by atoms with Gasteiger partial charge in [0, 0.05) is 5.56 Å². The van der Waals surface area contributed by atoms with Crippen molar-refractivity contribution in [3.63, 3.8) is 0 Å². The fourth-order valence-corrected chi connectivity index (χ4v) is 4.52. The zero-order chi connectivity index (χ0) is 24.9. The number of carbonyl (C=O) groups is 1. The summed E-state index contributed by atoms with van der Waals surface area (Å²) in [6.07, 6.45) is 1.21. The van der Waals surface area contributed by atoms with Gasteiger partial charge in [-0.3, -0.25) is 9.10 Å². The number of nitrogens with zero attached hydrogens (tertiary/aromatic N) is 1. The predicted octanol–water partition coefficient (Wildman–Crippen LogP) is 4.78. The molecule has 1 amide bonds. The summed E-state index contributed by atoms with van der Waals surface area (Å²) in [4.78, 5) is 12.7. The molecule has 1 atom stereocenters. The molecule has 7 heteroatoms. The summed E-state index contributed by atoms with van der Waals surface area (Å²) in [5.74, 6) is 0.592. The molecule has 0 aliphatic carbocycles. The second kappa shape index (κ2) is 10.7. The van der Waals surface area contributed by atoms with Crippen molar-refractivity contribution in [2.75, 3.05) is 17.2 Å². The minimum atomic E-state index is -3.49. The number of anilines is 1. The van der Waals surface area contributed by atoms with Crippen LogP contribution in [0.4, 0.5) is 5.69 Å². The van der Waals surface area contributed by atoms with Crippen LogP contribution >= 0.6 is 0 Å². The van der Waals surface area contributed by atoms with Crippen LogP contribution in [0, 0.1) is 20.8 Å². The van der Waals surface area contributed by atoms with Crippen molar-refractivity contribution in [3.8, 4) is 5.75 Å². The van der Waals surface area contributed by atoms with Gasteiger partial charge in [0.15, 0.2) is 0 Å². The van der Waals surface area contributed by atoms with E-state index < -0.39 is 10.0 Å². The van der Waals surface area contributed by atoms with Gasteiger partial charge in [0.2, 0.25) is 10.0 Å². The van der Waals surface area contributed by atoms with Gasteiger partial charge in [-0.1, -0.05) is 42.5 Å². The number of nitrogens with one attached hydrogen (secondary N) is 1. The Kier molecular flexibility index (Phi) is 7.99. The molecule has 0 fully saturated rings. The van der Waals surface area contributed by atoms with E-state index in [1.54, 1.807) is 24.3 Å². The van der Waals surface area contributed by atoms with Crippen LogP contribution in [0.25, 0.3) is 0 Å². The van der Waals surface area contributed by atoms with E-state index in [9.17, 15) is 13.2 Å². The number of hydrogen-bond acceptors (Lipinski definition) is 4. The summed E-state index contributed by atoms with van der Waals surface area (Å²) >= 11 is 0. The summed E-state index contributed by atoms with van der Waals surface area (Å²) in [7, 11) is -3.49. The molecule has 0 aromatic heterocycles. The molecule has 34 heavy (non-hydrogen) atoms. The van der Waals surface area contributed by atoms with Crippen molar-refractivity contribution in [1.29, 1.82) is 0 Å². The number of carbonyl (C=O) groups excluding carboxylic acids is 1. The highest BCUT2D eigenvalue weighted by atomic mass is 32.2. The van der Waals surface area contributed by atoms with Crippen LogP contribution in [0.5, 0.6) is 5.75 Å². The quantitative estimate of drug-likeness (QED) is 0.478. The van der Waals surface area contributed by atoms with Crippen LogP contribution < -0.4 is 14.4 Å². The van der Waals surface area contributed by atoms with Crippen LogP contribution in [-0.2, 0) is 16.6 Å². The zero-order valence-electron chi connectivity index (χ0n) is 20.3. The maximum atomic E-state index is 12.7. The first kappa shape index (κ1) is 25.3. The van der Waals surface area contributed by atoms with E-state index in [0.29, 0.717) is 17.9 Å². The molecule has 0 aliphatic heterocycles. The van der Waals surface area contributed by atoms with E-state index in [1.807, 2.05) is 70.2 Å². The van der Waals surface area contributed by atoms with Gasteiger partial charge in [0.25, 0.3) is 5.91 Å². The van der Waals surface area contributed by atoms with Gasteiger partial charge in [-0.25, -0.2) is 8.42 Å². The van der Waals surface area contributed by atoms with Crippen LogP contribution in [0.15, 0.2) is 66.7 Å². The second-order valence-corrected chi connectivity index (χ2v) is 10.6. The average Bonchev–Trinajstić information content (AvgIpc) is 2.78. The van der Waals surface area contributed by atoms with Gasteiger partial charge in [-0.15, -0.1) is 0 Å². The smallest absolute Gasteiger partial charge is 0.251 e. The predicted molar refractivity (Wildman–Crippen MR) is 137 cm³/mol. The highest BCUT2D eigenvalue weighted by Gasteiger charge is 2.20. The molecule has 6 nitrogen and oxygen atoms in total. The fraction of sp³-hybridized carbons (Fsp3) is 0.296. The third-order valence-electron chi connectivity index (χ3n) is 5.54. The summed E-state index contributed by atoms with van der Waals surface area (Å²) in [5.41, 5.74) is 4.87. The van der Waals surface area contributed by atoms with E-state index in [0.717, 1.165) is 28.0 Å². The van der Waals surface area contributed by atoms with Crippen molar-refractivity contribution in [2.24, 2.45) is 0 Å². The highest BCUT2D eigenvalue weighted by molar-refractivity contribution is 7.92. The lowest BCUT2D eigenvalue weighted by Gasteiger charge is -2.25. The molecule has 0 bridgehead atoms.